The number of aliphatic imine (C=N–C) groups is 1. The summed E-state index contributed by atoms with van der Waals surface area (Å²) in [6.45, 7) is 2.21. The average Bonchev–Trinajstić information content (AvgIpc) is 2.88. The Balaban J connectivity index is 1.75. The summed E-state index contributed by atoms with van der Waals surface area (Å²) < 4.78 is 4.66. The molecule has 0 aromatic heterocycles. The molecule has 0 saturated carbocycles. The minimum Gasteiger partial charge on any atom is -0.477 e. The van der Waals surface area contributed by atoms with Gasteiger partial charge >= 0.3 is 12.1 Å². The molecule has 0 aromatic rings. The Kier molecular flexibility index (Phi) is 4.38. The number of nitrogens with two attached hydrogens (primary N) is 1. The van der Waals surface area contributed by atoms with Crippen LogP contribution < -0.4 is 11.1 Å². The van der Waals surface area contributed by atoms with Crippen molar-refractivity contribution in [1.29, 1.82) is 0 Å². The Morgan fingerprint density at radius 1 is 1.52 bits per heavy atom. The molecule has 0 aromatic carbocycles. The summed E-state index contributed by atoms with van der Waals surface area (Å²) in [6.07, 6.45) is -1.30. The van der Waals surface area contributed by atoms with Crippen molar-refractivity contribution in [2.45, 2.75) is 25.5 Å². The summed E-state index contributed by atoms with van der Waals surface area (Å²) in [5, 5.41) is 22.3. The summed E-state index contributed by atoms with van der Waals surface area (Å²) in [7, 11) is 0. The number of hydrogen-bond acceptors (Lipinski definition) is 7. The maximum Gasteiger partial charge on any atom is 0.404 e. The van der Waals surface area contributed by atoms with E-state index in [0.717, 1.165) is 0 Å². The molecule has 1 unspecified atom stereocenters. The number of β-lactam (4-membered cyclic amide) rings is 1. The third kappa shape index (κ3) is 2.93. The molecule has 10 heteroatoms. The number of fused-ring (bicyclic) bond motifs is 1. The highest BCUT2D eigenvalue weighted by molar-refractivity contribution is 5.99. The largest absolute Gasteiger partial charge is 0.477 e. The van der Waals surface area contributed by atoms with Gasteiger partial charge in [-0.05, 0) is 18.9 Å². The Bertz CT molecular complexity index is 686. The average molecular weight is 352 g/mol. The van der Waals surface area contributed by atoms with Crippen molar-refractivity contribution in [2.75, 3.05) is 19.7 Å². The van der Waals surface area contributed by atoms with Gasteiger partial charge in [0.1, 0.15) is 11.5 Å². The highest BCUT2D eigenvalue weighted by atomic mass is 16.5. The highest BCUT2D eigenvalue weighted by Crippen LogP contribution is 2.45. The lowest BCUT2D eigenvalue weighted by Crippen LogP contribution is -2.61. The van der Waals surface area contributed by atoms with Gasteiger partial charge in [-0.1, -0.05) is 0 Å². The Labute approximate surface area is 143 Å². The number of primary amides is 1. The van der Waals surface area contributed by atoms with Gasteiger partial charge in [-0.15, -0.1) is 0 Å². The highest BCUT2D eigenvalue weighted by Gasteiger charge is 2.57. The molecule has 1 saturated heterocycles. The molecule has 3 rings (SSSR count). The van der Waals surface area contributed by atoms with Crippen LogP contribution in [0.2, 0.25) is 0 Å². The van der Waals surface area contributed by atoms with Crippen molar-refractivity contribution < 1.29 is 29.3 Å². The van der Waals surface area contributed by atoms with E-state index in [1.165, 1.54) is 11.8 Å². The van der Waals surface area contributed by atoms with E-state index in [4.69, 9.17) is 5.73 Å². The molecule has 3 aliphatic rings. The molecule has 1 fully saturated rings. The Hall–Kier alpha value is -2.62. The van der Waals surface area contributed by atoms with Crippen LogP contribution in [-0.4, -0.2) is 70.8 Å². The van der Waals surface area contributed by atoms with Crippen LogP contribution in [-0.2, 0) is 14.3 Å². The second-order valence-electron chi connectivity index (χ2n) is 6.40. The molecule has 25 heavy (non-hydrogen) atoms. The molecule has 10 nitrogen and oxygen atoms in total. The van der Waals surface area contributed by atoms with Gasteiger partial charge in [-0.2, -0.15) is 0 Å². The second kappa shape index (κ2) is 6.36. The van der Waals surface area contributed by atoms with E-state index in [-0.39, 0.29) is 30.2 Å². The molecular weight excluding hydrogens is 332 g/mol. The first-order valence-electron chi connectivity index (χ1n) is 7.98. The molecule has 3 heterocycles. The topological polar surface area (TPSA) is 155 Å². The van der Waals surface area contributed by atoms with Gasteiger partial charge in [0.25, 0.3) is 0 Å². The number of rotatable bonds is 5. The maximum atomic E-state index is 12.2. The van der Waals surface area contributed by atoms with Crippen molar-refractivity contribution in [1.82, 2.24) is 10.2 Å². The van der Waals surface area contributed by atoms with Crippen LogP contribution in [0.4, 0.5) is 4.79 Å². The van der Waals surface area contributed by atoms with Crippen molar-refractivity contribution in [3.63, 3.8) is 0 Å². The monoisotopic (exact) mass is 352 g/mol. The lowest BCUT2D eigenvalue weighted by molar-refractivity contribution is -0.161. The van der Waals surface area contributed by atoms with Crippen LogP contribution in [0, 0.1) is 11.8 Å². The minimum atomic E-state index is -1.15. The third-order valence-electron chi connectivity index (χ3n) is 4.86. The van der Waals surface area contributed by atoms with Crippen molar-refractivity contribution in [2.24, 2.45) is 22.6 Å². The van der Waals surface area contributed by atoms with Crippen molar-refractivity contribution in [3.8, 4) is 0 Å². The number of carboxylic acid groups (broad SMARTS) is 1. The first-order valence-corrected chi connectivity index (χ1v) is 7.98. The second-order valence-corrected chi connectivity index (χ2v) is 6.40. The summed E-state index contributed by atoms with van der Waals surface area (Å²) in [5.74, 6) is -1.79. The minimum absolute atomic E-state index is 0.00531. The molecule has 4 atom stereocenters. The Morgan fingerprint density at radius 3 is 2.76 bits per heavy atom. The molecule has 0 spiro atoms. The first kappa shape index (κ1) is 17.2. The van der Waals surface area contributed by atoms with Crippen LogP contribution in [0.25, 0.3) is 0 Å². The van der Waals surface area contributed by atoms with Crippen LogP contribution in [0.5, 0.6) is 0 Å². The van der Waals surface area contributed by atoms with Crippen molar-refractivity contribution in [3.05, 3.63) is 11.3 Å². The number of amidine groups is 1. The van der Waals surface area contributed by atoms with E-state index in [1.54, 1.807) is 0 Å². The lowest BCUT2D eigenvalue weighted by Gasteiger charge is -2.44. The number of aliphatic hydroxyl groups excluding tert-OH is 1. The van der Waals surface area contributed by atoms with Crippen LogP contribution in [0.1, 0.15) is 13.3 Å². The number of carboxylic acids is 1. The fraction of sp³-hybridized carbons (Fsp3) is 0.600. The van der Waals surface area contributed by atoms with Gasteiger partial charge in [-0.3, -0.25) is 9.79 Å². The van der Waals surface area contributed by atoms with Gasteiger partial charge < -0.3 is 30.9 Å². The van der Waals surface area contributed by atoms with Crippen LogP contribution in [0.15, 0.2) is 16.3 Å². The standard InChI is InChI=1S/C15H20N4O6/c1-6(20)11-9-2-8(12(14(22)23)19(9)13(11)21)7-3-17-10(18-4-7)5-25-15(16)24/h6-7,9,11,20H,2-5H2,1H3,(H2,16,24)(H,17,18)(H,22,23)/t6-,9-,11-/m1/s1. The van der Waals surface area contributed by atoms with E-state index < -0.39 is 24.1 Å². The number of nitrogens with one attached hydrogen (secondary N) is 1. The van der Waals surface area contributed by atoms with Gasteiger partial charge in [-0.25, -0.2) is 9.59 Å². The smallest absolute Gasteiger partial charge is 0.404 e. The van der Waals surface area contributed by atoms with Gasteiger partial charge in [0.15, 0.2) is 6.61 Å². The van der Waals surface area contributed by atoms with E-state index in [9.17, 15) is 24.6 Å². The SMILES string of the molecule is C[C@@H](O)[C@H]1C(=O)N2C(C(=O)O)=C(C3CN=C(COC(N)=O)NC3)C[C@H]12. The zero-order valence-corrected chi connectivity index (χ0v) is 13.6. The zero-order chi connectivity index (χ0) is 18.3. The molecule has 0 radical (unpaired) electrons. The molecule has 136 valence electrons. The predicted molar refractivity (Wildman–Crippen MR) is 84.4 cm³/mol. The van der Waals surface area contributed by atoms with E-state index >= 15 is 0 Å². The summed E-state index contributed by atoms with van der Waals surface area (Å²) in [4.78, 5) is 40.0. The molecule has 0 aliphatic carbocycles. The fourth-order valence-electron chi connectivity index (χ4n) is 3.72. The lowest BCUT2D eigenvalue weighted by atomic mass is 9.82. The van der Waals surface area contributed by atoms with Crippen LogP contribution >= 0.6 is 0 Å². The number of carbonyl (C=O) groups is 3. The zero-order valence-electron chi connectivity index (χ0n) is 13.6. The third-order valence-corrected chi connectivity index (χ3v) is 4.86. The van der Waals surface area contributed by atoms with Gasteiger partial charge in [0.05, 0.1) is 18.1 Å². The van der Waals surface area contributed by atoms with Crippen molar-refractivity contribution >= 4 is 23.8 Å². The number of carbonyl (C=O) groups excluding carboxylic acids is 2. The summed E-state index contributed by atoms with van der Waals surface area (Å²) in [6, 6.07) is -0.308. The van der Waals surface area contributed by atoms with Gasteiger partial charge in [0.2, 0.25) is 5.91 Å². The molecule has 0 bridgehead atoms. The number of aliphatic carboxylic acids is 1. The summed E-state index contributed by atoms with van der Waals surface area (Å²) >= 11 is 0. The molecule has 5 N–H and O–H groups in total. The quantitative estimate of drug-likeness (QED) is 0.446. The molecule has 3 aliphatic heterocycles. The number of amides is 2. The fourth-order valence-corrected chi connectivity index (χ4v) is 3.72. The predicted octanol–water partition coefficient (Wildman–Crippen LogP) is -1.35. The number of aliphatic hydroxyl groups is 1. The number of hydrogen-bond donors (Lipinski definition) is 4. The maximum absolute atomic E-state index is 12.2. The molecular formula is C15H20N4O6. The van der Waals surface area contributed by atoms with E-state index in [0.29, 0.717) is 30.9 Å². The van der Waals surface area contributed by atoms with E-state index in [2.05, 4.69) is 15.0 Å². The first-order chi connectivity index (χ1) is 11.8. The van der Waals surface area contributed by atoms with E-state index in [1.807, 2.05) is 0 Å². The van der Waals surface area contributed by atoms with Gasteiger partial charge in [0, 0.05) is 19.0 Å². The summed E-state index contributed by atoms with van der Waals surface area (Å²) in [5.41, 5.74) is 5.56. The molecule has 2 amide bonds. The Morgan fingerprint density at radius 2 is 2.24 bits per heavy atom. The van der Waals surface area contributed by atoms with Crippen LogP contribution in [0.3, 0.4) is 0 Å². The number of nitrogens with zero attached hydrogens (tertiary/aromatic N) is 2. The number of ether oxygens (including phenoxy) is 1. The normalized spacial score (nSPS) is 29.4.